The first-order valence-corrected chi connectivity index (χ1v) is 9.24. The lowest BCUT2D eigenvalue weighted by molar-refractivity contribution is -0.156. The number of hydrogen-bond acceptors (Lipinski definition) is 5. The Hall–Kier alpha value is -2.14. The minimum absolute atomic E-state index is 0.0605. The summed E-state index contributed by atoms with van der Waals surface area (Å²) in [6.45, 7) is 4.98. The van der Waals surface area contributed by atoms with Crippen molar-refractivity contribution >= 4 is 11.9 Å². The summed E-state index contributed by atoms with van der Waals surface area (Å²) >= 11 is 0. The number of methoxy groups -OCH3 is 1. The molecule has 0 radical (unpaired) electrons. The lowest BCUT2D eigenvalue weighted by atomic mass is 9.87. The van der Waals surface area contributed by atoms with Crippen LogP contribution in [0, 0.1) is 5.92 Å². The third kappa shape index (κ3) is 3.83. The monoisotopic (exact) mass is 357 g/mol. The minimum Gasteiger partial charge on any atom is -0.469 e. The summed E-state index contributed by atoms with van der Waals surface area (Å²) in [6.07, 6.45) is 4.38. The third-order valence-corrected chi connectivity index (χ3v) is 5.46. The van der Waals surface area contributed by atoms with E-state index in [0.717, 1.165) is 19.4 Å². The van der Waals surface area contributed by atoms with Crippen LogP contribution in [0.1, 0.15) is 43.5 Å². The predicted molar refractivity (Wildman–Crippen MR) is 98.7 cm³/mol. The molecule has 0 spiro atoms. The van der Waals surface area contributed by atoms with Crippen LogP contribution in [0.5, 0.6) is 0 Å². The van der Waals surface area contributed by atoms with Gasteiger partial charge in [0.05, 0.1) is 12.7 Å². The van der Waals surface area contributed by atoms with Crippen LogP contribution in [0.25, 0.3) is 0 Å². The van der Waals surface area contributed by atoms with Crippen molar-refractivity contribution in [2.24, 2.45) is 5.92 Å². The molecule has 5 nitrogen and oxygen atoms in total. The SMILES string of the molecule is COC(=O)[C@H]1[C@@H](OC(=O)c2ccccc2)C[C@H]2CC[C@H]1N2CC=C(C)C. The molecule has 0 saturated carbocycles. The van der Waals surface area contributed by atoms with Gasteiger partial charge in [0.2, 0.25) is 0 Å². The van der Waals surface area contributed by atoms with Gasteiger partial charge in [-0.25, -0.2) is 4.79 Å². The smallest absolute Gasteiger partial charge is 0.338 e. The van der Waals surface area contributed by atoms with Crippen molar-refractivity contribution in [2.75, 3.05) is 13.7 Å². The Bertz CT molecular complexity index is 681. The summed E-state index contributed by atoms with van der Waals surface area (Å²) in [5.41, 5.74) is 1.77. The number of hydrogen-bond donors (Lipinski definition) is 0. The van der Waals surface area contributed by atoms with Crippen molar-refractivity contribution in [2.45, 2.75) is 51.3 Å². The summed E-state index contributed by atoms with van der Waals surface area (Å²) in [5, 5.41) is 0. The van der Waals surface area contributed by atoms with Crippen molar-refractivity contribution in [3.05, 3.63) is 47.5 Å². The number of piperidine rings is 1. The number of ether oxygens (including phenoxy) is 2. The molecule has 3 rings (SSSR count). The fourth-order valence-electron chi connectivity index (χ4n) is 4.19. The van der Waals surface area contributed by atoms with E-state index in [1.54, 1.807) is 24.3 Å². The van der Waals surface area contributed by atoms with Crippen LogP contribution < -0.4 is 0 Å². The van der Waals surface area contributed by atoms with E-state index in [2.05, 4.69) is 24.8 Å². The van der Waals surface area contributed by atoms with Crippen LogP contribution in [0.3, 0.4) is 0 Å². The Kier molecular flexibility index (Phi) is 5.77. The molecule has 140 valence electrons. The largest absolute Gasteiger partial charge is 0.469 e. The second kappa shape index (κ2) is 8.04. The highest BCUT2D eigenvalue weighted by molar-refractivity contribution is 5.89. The fourth-order valence-corrected chi connectivity index (χ4v) is 4.19. The average molecular weight is 357 g/mol. The fraction of sp³-hybridized carbons (Fsp3) is 0.524. The van der Waals surface area contributed by atoms with Crippen LogP contribution in [0.15, 0.2) is 42.0 Å². The number of nitrogens with zero attached hydrogens (tertiary/aromatic N) is 1. The van der Waals surface area contributed by atoms with Gasteiger partial charge in [0.25, 0.3) is 0 Å². The number of rotatable bonds is 5. The van der Waals surface area contributed by atoms with Gasteiger partial charge in [0.1, 0.15) is 12.0 Å². The molecule has 0 N–H and O–H groups in total. The van der Waals surface area contributed by atoms with E-state index in [1.165, 1.54) is 12.7 Å². The predicted octanol–water partition coefficient (Wildman–Crippen LogP) is 3.20. The Balaban J connectivity index is 1.79. The summed E-state index contributed by atoms with van der Waals surface area (Å²) in [4.78, 5) is 27.4. The molecule has 0 unspecified atom stereocenters. The zero-order chi connectivity index (χ0) is 18.7. The van der Waals surface area contributed by atoms with Crippen molar-refractivity contribution in [1.29, 1.82) is 0 Å². The van der Waals surface area contributed by atoms with Gasteiger partial charge in [0, 0.05) is 25.0 Å². The molecule has 2 aliphatic rings. The van der Waals surface area contributed by atoms with E-state index in [0.29, 0.717) is 18.0 Å². The summed E-state index contributed by atoms with van der Waals surface area (Å²) in [6, 6.07) is 9.33. The van der Waals surface area contributed by atoms with E-state index < -0.39 is 12.0 Å². The second-order valence-electron chi connectivity index (χ2n) is 7.37. The number of benzene rings is 1. The molecule has 0 amide bonds. The van der Waals surface area contributed by atoms with Gasteiger partial charge < -0.3 is 9.47 Å². The van der Waals surface area contributed by atoms with E-state index in [4.69, 9.17) is 9.47 Å². The van der Waals surface area contributed by atoms with Crippen LogP contribution >= 0.6 is 0 Å². The number of allylic oxidation sites excluding steroid dienone is 1. The number of esters is 2. The quantitative estimate of drug-likeness (QED) is 0.598. The molecular formula is C21H27NO4. The minimum atomic E-state index is -0.435. The van der Waals surface area contributed by atoms with Gasteiger partial charge in [-0.2, -0.15) is 0 Å². The molecule has 5 heteroatoms. The highest BCUT2D eigenvalue weighted by Gasteiger charge is 2.51. The molecule has 26 heavy (non-hydrogen) atoms. The zero-order valence-corrected chi connectivity index (χ0v) is 15.7. The second-order valence-corrected chi connectivity index (χ2v) is 7.37. The maximum Gasteiger partial charge on any atom is 0.338 e. The van der Waals surface area contributed by atoms with Gasteiger partial charge in [-0.15, -0.1) is 0 Å². The maximum absolute atomic E-state index is 12.5. The molecule has 1 aromatic rings. The van der Waals surface area contributed by atoms with Crippen molar-refractivity contribution in [3.63, 3.8) is 0 Å². The third-order valence-electron chi connectivity index (χ3n) is 5.46. The number of carbonyl (C=O) groups is 2. The van der Waals surface area contributed by atoms with E-state index in [-0.39, 0.29) is 18.0 Å². The summed E-state index contributed by atoms with van der Waals surface area (Å²) < 4.78 is 10.8. The Morgan fingerprint density at radius 3 is 2.58 bits per heavy atom. The summed E-state index contributed by atoms with van der Waals surface area (Å²) in [7, 11) is 1.40. The van der Waals surface area contributed by atoms with Gasteiger partial charge in [0.15, 0.2) is 0 Å². The van der Waals surface area contributed by atoms with Crippen molar-refractivity contribution < 1.29 is 19.1 Å². The molecule has 2 saturated heterocycles. The Labute approximate surface area is 155 Å². The Morgan fingerprint density at radius 2 is 1.92 bits per heavy atom. The molecular weight excluding hydrogens is 330 g/mol. The standard InChI is InChI=1S/C21H27NO4/c1-14(2)11-12-22-16-9-10-17(22)19(21(24)25-3)18(13-16)26-20(23)15-7-5-4-6-8-15/h4-8,11,16-19H,9-10,12-13H2,1-3H3/t16-,17-,18+,19-/m1/s1. The molecule has 2 heterocycles. The van der Waals surface area contributed by atoms with Gasteiger partial charge in [-0.05, 0) is 38.8 Å². The first kappa shape index (κ1) is 18.6. The van der Waals surface area contributed by atoms with Gasteiger partial charge >= 0.3 is 11.9 Å². The first-order chi connectivity index (χ1) is 12.5. The van der Waals surface area contributed by atoms with E-state index in [9.17, 15) is 9.59 Å². The van der Waals surface area contributed by atoms with Crippen molar-refractivity contribution in [3.8, 4) is 0 Å². The maximum atomic E-state index is 12.5. The molecule has 4 atom stereocenters. The zero-order valence-electron chi connectivity index (χ0n) is 15.7. The van der Waals surface area contributed by atoms with E-state index >= 15 is 0 Å². The normalized spacial score (nSPS) is 27.7. The topological polar surface area (TPSA) is 55.8 Å². The van der Waals surface area contributed by atoms with Crippen molar-refractivity contribution in [1.82, 2.24) is 4.90 Å². The van der Waals surface area contributed by atoms with Gasteiger partial charge in [-0.1, -0.05) is 29.8 Å². The van der Waals surface area contributed by atoms with Gasteiger partial charge in [-0.3, -0.25) is 9.69 Å². The number of carbonyl (C=O) groups excluding carboxylic acids is 2. The molecule has 2 aliphatic heterocycles. The highest BCUT2D eigenvalue weighted by atomic mass is 16.6. The van der Waals surface area contributed by atoms with Crippen LogP contribution in [0.4, 0.5) is 0 Å². The average Bonchev–Trinajstić information content (AvgIpc) is 2.93. The molecule has 0 aromatic heterocycles. The molecule has 0 aliphatic carbocycles. The lowest BCUT2D eigenvalue weighted by Gasteiger charge is -2.42. The van der Waals surface area contributed by atoms with Crippen LogP contribution in [-0.2, 0) is 14.3 Å². The van der Waals surface area contributed by atoms with E-state index in [1.807, 2.05) is 6.07 Å². The lowest BCUT2D eigenvalue weighted by Crippen LogP contribution is -2.55. The summed E-state index contributed by atoms with van der Waals surface area (Å²) in [5.74, 6) is -1.10. The number of fused-ring (bicyclic) bond motifs is 2. The van der Waals surface area contributed by atoms with Crippen LogP contribution in [0.2, 0.25) is 0 Å². The highest BCUT2D eigenvalue weighted by Crippen LogP contribution is 2.41. The first-order valence-electron chi connectivity index (χ1n) is 9.24. The molecule has 1 aromatic carbocycles. The Morgan fingerprint density at radius 1 is 1.19 bits per heavy atom. The molecule has 2 bridgehead atoms. The molecule has 2 fully saturated rings. The van der Waals surface area contributed by atoms with Crippen LogP contribution in [-0.4, -0.2) is 48.7 Å².